The van der Waals surface area contributed by atoms with Gasteiger partial charge in [-0.15, -0.1) is 11.3 Å². The van der Waals surface area contributed by atoms with Gasteiger partial charge in [-0.25, -0.2) is 4.79 Å². The Bertz CT molecular complexity index is 865. The molecular formula is C25H37N3O2S. The standard InChI is InChI=1S/C25H37N3O2S/c1-25(2,30-24(26)29)18-20-8-6-19(7-9-20)10-12-27-13-15-28(16-14-27)22-5-3-4-21-11-17-31-23(21)22/h3-5,11,17,19-20H,6-10,12-16,18H2,1-2H3,(H2,26,29). The van der Waals surface area contributed by atoms with Crippen molar-refractivity contribution in [3.63, 3.8) is 0 Å². The molecule has 0 spiro atoms. The molecule has 4 rings (SSSR count). The zero-order valence-corrected chi connectivity index (χ0v) is 19.8. The number of fused-ring (bicyclic) bond motifs is 1. The predicted octanol–water partition coefficient (Wildman–Crippen LogP) is 5.48. The van der Waals surface area contributed by atoms with Crippen molar-refractivity contribution in [3.05, 3.63) is 29.6 Å². The monoisotopic (exact) mass is 443 g/mol. The number of ether oxygens (including phenoxy) is 1. The van der Waals surface area contributed by atoms with Crippen LogP contribution in [0.4, 0.5) is 10.5 Å². The van der Waals surface area contributed by atoms with E-state index in [-0.39, 0.29) is 0 Å². The van der Waals surface area contributed by atoms with Gasteiger partial charge >= 0.3 is 6.09 Å². The van der Waals surface area contributed by atoms with E-state index in [0.29, 0.717) is 5.92 Å². The van der Waals surface area contributed by atoms with E-state index in [2.05, 4.69) is 39.4 Å². The highest BCUT2D eigenvalue weighted by Gasteiger charge is 2.30. The Labute approximate surface area is 190 Å². The molecule has 170 valence electrons. The lowest BCUT2D eigenvalue weighted by Crippen LogP contribution is -2.47. The number of benzene rings is 1. The van der Waals surface area contributed by atoms with Gasteiger partial charge in [0.2, 0.25) is 0 Å². The van der Waals surface area contributed by atoms with Crippen LogP contribution in [0, 0.1) is 11.8 Å². The number of thiophene rings is 1. The molecule has 2 aliphatic rings. The fourth-order valence-corrected chi connectivity index (χ4v) is 6.48. The lowest BCUT2D eigenvalue weighted by atomic mass is 9.76. The van der Waals surface area contributed by atoms with E-state index in [1.54, 1.807) is 0 Å². The Balaban J connectivity index is 1.17. The first-order valence-electron chi connectivity index (χ1n) is 11.8. The Morgan fingerprint density at radius 1 is 1.10 bits per heavy atom. The fourth-order valence-electron chi connectivity index (χ4n) is 5.54. The summed E-state index contributed by atoms with van der Waals surface area (Å²) in [5.41, 5.74) is 6.17. The number of primary amides is 1. The van der Waals surface area contributed by atoms with Crippen LogP contribution >= 0.6 is 11.3 Å². The molecule has 1 saturated heterocycles. The van der Waals surface area contributed by atoms with Gasteiger partial charge in [-0.2, -0.15) is 0 Å². The molecule has 0 unspecified atom stereocenters. The van der Waals surface area contributed by atoms with Crippen molar-refractivity contribution in [2.75, 3.05) is 37.6 Å². The van der Waals surface area contributed by atoms with E-state index < -0.39 is 11.7 Å². The summed E-state index contributed by atoms with van der Waals surface area (Å²) in [5, 5.41) is 3.57. The molecular weight excluding hydrogens is 406 g/mol. The summed E-state index contributed by atoms with van der Waals surface area (Å²) in [7, 11) is 0. The van der Waals surface area contributed by atoms with E-state index in [1.165, 1.54) is 54.4 Å². The normalized spacial score (nSPS) is 23.2. The van der Waals surface area contributed by atoms with Gasteiger partial charge in [-0.05, 0) is 68.0 Å². The molecule has 6 heteroatoms. The van der Waals surface area contributed by atoms with Gasteiger partial charge in [0.05, 0.1) is 10.4 Å². The van der Waals surface area contributed by atoms with Gasteiger partial charge in [0.15, 0.2) is 0 Å². The van der Waals surface area contributed by atoms with Crippen molar-refractivity contribution >= 4 is 33.2 Å². The molecule has 2 N–H and O–H groups in total. The molecule has 1 amide bonds. The highest BCUT2D eigenvalue weighted by atomic mass is 32.1. The number of carbonyl (C=O) groups is 1. The number of piperazine rings is 1. The van der Waals surface area contributed by atoms with E-state index in [0.717, 1.165) is 38.5 Å². The molecule has 31 heavy (non-hydrogen) atoms. The lowest BCUT2D eigenvalue weighted by molar-refractivity contribution is 0.0193. The number of nitrogens with two attached hydrogens (primary N) is 1. The minimum atomic E-state index is -0.661. The number of anilines is 1. The maximum Gasteiger partial charge on any atom is 0.405 e. The van der Waals surface area contributed by atoms with Crippen molar-refractivity contribution in [3.8, 4) is 0 Å². The van der Waals surface area contributed by atoms with Crippen LogP contribution in [0.5, 0.6) is 0 Å². The van der Waals surface area contributed by atoms with Crippen LogP contribution in [-0.4, -0.2) is 49.3 Å². The number of nitrogens with zero attached hydrogens (tertiary/aromatic N) is 2. The Kier molecular flexibility index (Phi) is 7.07. The van der Waals surface area contributed by atoms with Gasteiger partial charge in [0.25, 0.3) is 0 Å². The summed E-state index contributed by atoms with van der Waals surface area (Å²) >= 11 is 1.86. The minimum Gasteiger partial charge on any atom is -0.444 e. The van der Waals surface area contributed by atoms with Crippen LogP contribution in [0.3, 0.4) is 0 Å². The second-order valence-corrected chi connectivity index (χ2v) is 10.9. The van der Waals surface area contributed by atoms with E-state index >= 15 is 0 Å². The molecule has 1 saturated carbocycles. The fraction of sp³-hybridized carbons (Fsp3) is 0.640. The number of amides is 1. The van der Waals surface area contributed by atoms with Crippen LogP contribution < -0.4 is 10.6 Å². The first-order valence-corrected chi connectivity index (χ1v) is 12.7. The van der Waals surface area contributed by atoms with Crippen molar-refractivity contribution in [2.24, 2.45) is 17.6 Å². The molecule has 5 nitrogen and oxygen atoms in total. The highest BCUT2D eigenvalue weighted by Crippen LogP contribution is 2.36. The molecule has 1 aromatic carbocycles. The molecule has 2 fully saturated rings. The molecule has 0 radical (unpaired) electrons. The lowest BCUT2D eigenvalue weighted by Gasteiger charge is -2.38. The molecule has 1 aromatic heterocycles. The highest BCUT2D eigenvalue weighted by molar-refractivity contribution is 7.17. The first-order chi connectivity index (χ1) is 14.9. The summed E-state index contributed by atoms with van der Waals surface area (Å²) in [6.07, 6.45) is 6.67. The second kappa shape index (κ2) is 9.78. The SMILES string of the molecule is CC(C)(CC1CCC(CCN2CCN(c3cccc4ccsc34)CC2)CC1)OC(N)=O. The maximum atomic E-state index is 11.1. The predicted molar refractivity (Wildman–Crippen MR) is 130 cm³/mol. The van der Waals surface area contributed by atoms with Gasteiger partial charge in [0.1, 0.15) is 5.60 Å². The van der Waals surface area contributed by atoms with Crippen molar-refractivity contribution < 1.29 is 9.53 Å². The van der Waals surface area contributed by atoms with Gasteiger partial charge < -0.3 is 15.4 Å². The number of rotatable bonds is 7. The molecule has 1 aliphatic carbocycles. The maximum absolute atomic E-state index is 11.1. The third kappa shape index (κ3) is 5.92. The zero-order chi connectivity index (χ0) is 21.8. The zero-order valence-electron chi connectivity index (χ0n) is 19.0. The van der Waals surface area contributed by atoms with Crippen molar-refractivity contribution in [1.82, 2.24) is 4.90 Å². The molecule has 2 heterocycles. The quantitative estimate of drug-likeness (QED) is 0.615. The second-order valence-electron chi connectivity index (χ2n) is 10.0. The third-order valence-corrected chi connectivity index (χ3v) is 8.10. The van der Waals surface area contributed by atoms with Crippen LogP contribution in [0.15, 0.2) is 29.6 Å². The van der Waals surface area contributed by atoms with Gasteiger partial charge in [-0.3, -0.25) is 4.90 Å². The van der Waals surface area contributed by atoms with Crippen molar-refractivity contribution in [1.29, 1.82) is 0 Å². The first kappa shape index (κ1) is 22.4. The van der Waals surface area contributed by atoms with Crippen LogP contribution in [0.1, 0.15) is 52.4 Å². The summed E-state index contributed by atoms with van der Waals surface area (Å²) in [4.78, 5) is 16.3. The molecule has 2 aromatic rings. The minimum absolute atomic E-state index is 0.448. The summed E-state index contributed by atoms with van der Waals surface area (Å²) in [6.45, 7) is 9.75. The van der Waals surface area contributed by atoms with Gasteiger partial charge in [-0.1, -0.05) is 37.8 Å². The number of hydrogen-bond donors (Lipinski definition) is 1. The largest absolute Gasteiger partial charge is 0.444 e. The van der Waals surface area contributed by atoms with Crippen LogP contribution in [0.2, 0.25) is 0 Å². The molecule has 1 aliphatic heterocycles. The Morgan fingerprint density at radius 3 is 2.52 bits per heavy atom. The molecule has 0 atom stereocenters. The molecule has 0 bridgehead atoms. The Morgan fingerprint density at radius 2 is 1.81 bits per heavy atom. The van der Waals surface area contributed by atoms with Crippen molar-refractivity contribution in [2.45, 2.75) is 58.0 Å². The van der Waals surface area contributed by atoms with E-state index in [4.69, 9.17) is 10.5 Å². The average Bonchev–Trinajstić information content (AvgIpc) is 3.21. The third-order valence-electron chi connectivity index (χ3n) is 7.15. The number of hydrogen-bond acceptors (Lipinski definition) is 5. The summed E-state index contributed by atoms with van der Waals surface area (Å²) in [5.74, 6) is 1.49. The van der Waals surface area contributed by atoms with E-state index in [9.17, 15) is 4.79 Å². The smallest absolute Gasteiger partial charge is 0.405 e. The van der Waals surface area contributed by atoms with Crippen LogP contribution in [0.25, 0.3) is 10.1 Å². The topological polar surface area (TPSA) is 58.8 Å². The summed E-state index contributed by atoms with van der Waals surface area (Å²) < 4.78 is 6.71. The average molecular weight is 444 g/mol. The number of carbonyl (C=O) groups excluding carboxylic acids is 1. The Hall–Kier alpha value is -1.79. The summed E-state index contributed by atoms with van der Waals surface area (Å²) in [6, 6.07) is 8.91. The van der Waals surface area contributed by atoms with Crippen LogP contribution in [-0.2, 0) is 4.74 Å². The van der Waals surface area contributed by atoms with E-state index in [1.807, 2.05) is 25.2 Å². The van der Waals surface area contributed by atoms with Gasteiger partial charge in [0, 0.05) is 26.2 Å².